The van der Waals surface area contributed by atoms with Crippen LogP contribution in [-0.4, -0.2) is 19.6 Å². The number of nitrogens with zero attached hydrogens (tertiary/aromatic N) is 1. The highest BCUT2D eigenvalue weighted by molar-refractivity contribution is 5.92. The van der Waals surface area contributed by atoms with Crippen molar-refractivity contribution in [3.63, 3.8) is 0 Å². The Hall–Kier alpha value is -2.49. The second kappa shape index (κ2) is 7.33. The molecule has 4 nitrogen and oxygen atoms in total. The first kappa shape index (κ1) is 14.9. The van der Waals surface area contributed by atoms with Crippen molar-refractivity contribution in [2.24, 2.45) is 0 Å². The van der Waals surface area contributed by atoms with E-state index in [2.05, 4.69) is 0 Å². The maximum atomic E-state index is 12.1. The van der Waals surface area contributed by atoms with Gasteiger partial charge in [0.15, 0.2) is 0 Å². The van der Waals surface area contributed by atoms with Gasteiger partial charge in [0.2, 0.25) is 5.91 Å². The van der Waals surface area contributed by atoms with Crippen LogP contribution in [0.4, 0.5) is 11.4 Å². The van der Waals surface area contributed by atoms with E-state index in [-0.39, 0.29) is 5.91 Å². The van der Waals surface area contributed by atoms with Crippen LogP contribution in [0.25, 0.3) is 0 Å². The van der Waals surface area contributed by atoms with Gasteiger partial charge in [-0.05, 0) is 30.7 Å². The highest BCUT2D eigenvalue weighted by Crippen LogP contribution is 2.20. The summed E-state index contributed by atoms with van der Waals surface area (Å²) in [6, 6.07) is 17.0. The summed E-state index contributed by atoms with van der Waals surface area (Å²) in [7, 11) is 1.79. The van der Waals surface area contributed by atoms with Crippen LogP contribution >= 0.6 is 0 Å². The van der Waals surface area contributed by atoms with Crippen molar-refractivity contribution in [2.45, 2.75) is 12.8 Å². The van der Waals surface area contributed by atoms with Gasteiger partial charge in [-0.15, -0.1) is 0 Å². The van der Waals surface area contributed by atoms with Crippen LogP contribution in [0, 0.1) is 0 Å². The zero-order valence-corrected chi connectivity index (χ0v) is 12.2. The Balaban J connectivity index is 1.76. The van der Waals surface area contributed by atoms with E-state index in [0.717, 1.165) is 5.69 Å². The fourth-order valence-electron chi connectivity index (χ4n) is 1.98. The predicted octanol–water partition coefficient (Wildman–Crippen LogP) is 3.09. The number of anilines is 2. The Labute approximate surface area is 125 Å². The molecule has 2 rings (SSSR count). The molecule has 0 aromatic heterocycles. The fourth-order valence-corrected chi connectivity index (χ4v) is 1.98. The molecular weight excluding hydrogens is 264 g/mol. The quantitative estimate of drug-likeness (QED) is 0.655. The van der Waals surface area contributed by atoms with Crippen molar-refractivity contribution in [1.29, 1.82) is 0 Å². The van der Waals surface area contributed by atoms with Crippen molar-refractivity contribution in [1.82, 2.24) is 0 Å². The number of hydrogen-bond donors (Lipinski definition) is 1. The number of nitrogens with two attached hydrogens (primary N) is 1. The molecule has 0 bridgehead atoms. The minimum atomic E-state index is 0.0748. The number of ether oxygens (including phenoxy) is 1. The van der Waals surface area contributed by atoms with E-state index in [9.17, 15) is 4.79 Å². The number of benzene rings is 2. The van der Waals surface area contributed by atoms with Crippen molar-refractivity contribution in [3.05, 3.63) is 54.6 Å². The molecule has 0 saturated carbocycles. The number of para-hydroxylation sites is 3. The smallest absolute Gasteiger partial charge is 0.226 e. The maximum Gasteiger partial charge on any atom is 0.226 e. The van der Waals surface area contributed by atoms with Gasteiger partial charge in [0.05, 0.1) is 12.3 Å². The van der Waals surface area contributed by atoms with Crippen LogP contribution in [0.5, 0.6) is 5.75 Å². The summed E-state index contributed by atoms with van der Waals surface area (Å²) in [5, 5.41) is 0. The number of carbonyl (C=O) groups is 1. The topological polar surface area (TPSA) is 55.6 Å². The zero-order chi connectivity index (χ0) is 15.1. The first-order valence-corrected chi connectivity index (χ1v) is 6.97. The molecule has 2 aromatic rings. The Morgan fingerprint density at radius 1 is 1.10 bits per heavy atom. The Morgan fingerprint density at radius 3 is 2.48 bits per heavy atom. The van der Waals surface area contributed by atoms with Gasteiger partial charge in [0.1, 0.15) is 5.75 Å². The minimum absolute atomic E-state index is 0.0748. The summed E-state index contributed by atoms with van der Waals surface area (Å²) < 4.78 is 5.58. The normalized spacial score (nSPS) is 10.1. The van der Waals surface area contributed by atoms with Crippen LogP contribution in [0.15, 0.2) is 54.6 Å². The third-order valence-electron chi connectivity index (χ3n) is 3.23. The molecule has 4 heteroatoms. The number of hydrogen-bond acceptors (Lipinski definition) is 3. The lowest BCUT2D eigenvalue weighted by molar-refractivity contribution is -0.118. The summed E-state index contributed by atoms with van der Waals surface area (Å²) in [5.74, 6) is 0.743. The minimum Gasteiger partial charge on any atom is -0.491 e. The molecule has 0 fully saturated rings. The molecule has 0 saturated heterocycles. The summed E-state index contributed by atoms with van der Waals surface area (Å²) in [5.41, 5.74) is 7.30. The third-order valence-corrected chi connectivity index (χ3v) is 3.23. The van der Waals surface area contributed by atoms with E-state index >= 15 is 0 Å². The van der Waals surface area contributed by atoms with Crippen molar-refractivity contribution in [3.8, 4) is 5.75 Å². The monoisotopic (exact) mass is 284 g/mol. The van der Waals surface area contributed by atoms with Crippen molar-refractivity contribution >= 4 is 17.3 Å². The molecule has 0 atom stereocenters. The lowest BCUT2D eigenvalue weighted by Gasteiger charge is -2.17. The molecule has 2 aromatic carbocycles. The molecule has 0 aliphatic carbocycles. The molecule has 0 aliphatic heterocycles. The van der Waals surface area contributed by atoms with Crippen LogP contribution in [0.3, 0.4) is 0 Å². The fraction of sp³-hybridized carbons (Fsp3) is 0.235. The molecule has 1 amide bonds. The van der Waals surface area contributed by atoms with Gasteiger partial charge >= 0.3 is 0 Å². The molecule has 21 heavy (non-hydrogen) atoms. The largest absolute Gasteiger partial charge is 0.491 e. The lowest BCUT2D eigenvalue weighted by atomic mass is 10.2. The highest BCUT2D eigenvalue weighted by atomic mass is 16.5. The summed E-state index contributed by atoms with van der Waals surface area (Å²) in [6.45, 7) is 0.475. The number of rotatable bonds is 6. The van der Waals surface area contributed by atoms with E-state index in [0.29, 0.717) is 30.9 Å². The third kappa shape index (κ3) is 4.24. The number of amides is 1. The molecule has 0 aliphatic rings. The first-order valence-electron chi connectivity index (χ1n) is 6.97. The van der Waals surface area contributed by atoms with Crippen molar-refractivity contribution in [2.75, 3.05) is 24.3 Å². The van der Waals surface area contributed by atoms with E-state index in [1.165, 1.54) is 0 Å². The molecule has 0 spiro atoms. The van der Waals surface area contributed by atoms with E-state index in [4.69, 9.17) is 10.5 Å². The van der Waals surface area contributed by atoms with Crippen LogP contribution in [0.2, 0.25) is 0 Å². The van der Waals surface area contributed by atoms with Crippen molar-refractivity contribution < 1.29 is 9.53 Å². The Morgan fingerprint density at radius 2 is 1.76 bits per heavy atom. The predicted molar refractivity (Wildman–Crippen MR) is 85.4 cm³/mol. The summed E-state index contributed by atoms with van der Waals surface area (Å²) in [4.78, 5) is 13.7. The van der Waals surface area contributed by atoms with E-state index in [1.54, 1.807) is 18.0 Å². The number of nitrogen functional groups attached to an aromatic ring is 1. The molecular formula is C17H20N2O2. The Kier molecular flexibility index (Phi) is 5.21. The second-order valence-corrected chi connectivity index (χ2v) is 4.78. The standard InChI is InChI=1S/C17H20N2O2/c1-19(14-8-3-2-4-9-14)17(20)12-7-13-21-16-11-6-5-10-15(16)18/h2-6,8-11H,7,12-13,18H2,1H3. The van der Waals surface area contributed by atoms with Gasteiger partial charge in [-0.3, -0.25) is 4.79 Å². The molecule has 0 heterocycles. The zero-order valence-electron chi connectivity index (χ0n) is 12.2. The van der Waals surface area contributed by atoms with Gasteiger partial charge in [-0.25, -0.2) is 0 Å². The van der Waals surface area contributed by atoms with Crippen LogP contribution in [-0.2, 0) is 4.79 Å². The van der Waals surface area contributed by atoms with Gasteiger partial charge in [-0.2, -0.15) is 0 Å². The van der Waals surface area contributed by atoms with E-state index < -0.39 is 0 Å². The average Bonchev–Trinajstić information content (AvgIpc) is 2.53. The highest BCUT2D eigenvalue weighted by Gasteiger charge is 2.10. The summed E-state index contributed by atoms with van der Waals surface area (Å²) >= 11 is 0. The van der Waals surface area contributed by atoms with Gasteiger partial charge < -0.3 is 15.4 Å². The first-order chi connectivity index (χ1) is 10.2. The average molecular weight is 284 g/mol. The Bertz CT molecular complexity index is 584. The lowest BCUT2D eigenvalue weighted by Crippen LogP contribution is -2.26. The maximum absolute atomic E-state index is 12.1. The van der Waals surface area contributed by atoms with Gasteiger partial charge in [0.25, 0.3) is 0 Å². The number of carbonyl (C=O) groups excluding carboxylic acids is 1. The molecule has 0 radical (unpaired) electrons. The van der Waals surface area contributed by atoms with Crippen LogP contribution in [0.1, 0.15) is 12.8 Å². The SMILES string of the molecule is CN(C(=O)CCCOc1ccccc1N)c1ccccc1. The molecule has 0 unspecified atom stereocenters. The van der Waals surface area contributed by atoms with Gasteiger partial charge in [0, 0.05) is 19.2 Å². The van der Waals surface area contributed by atoms with Gasteiger partial charge in [-0.1, -0.05) is 30.3 Å². The molecule has 2 N–H and O–H groups in total. The van der Waals surface area contributed by atoms with Crippen LogP contribution < -0.4 is 15.4 Å². The van der Waals surface area contributed by atoms with E-state index in [1.807, 2.05) is 48.5 Å². The second-order valence-electron chi connectivity index (χ2n) is 4.78. The summed E-state index contributed by atoms with van der Waals surface area (Å²) in [6.07, 6.45) is 1.10. The molecule has 110 valence electrons.